The molecule has 0 amide bonds. The first kappa shape index (κ1) is 13.4. The van der Waals surface area contributed by atoms with Gasteiger partial charge in [0, 0.05) is 12.7 Å². The van der Waals surface area contributed by atoms with Gasteiger partial charge in [0.25, 0.3) is 0 Å². The highest BCUT2D eigenvalue weighted by Gasteiger charge is 2.14. The number of pyridine rings is 1. The molecule has 0 saturated carbocycles. The van der Waals surface area contributed by atoms with Gasteiger partial charge < -0.3 is 15.5 Å². The molecule has 1 unspecified atom stereocenters. The van der Waals surface area contributed by atoms with E-state index in [2.05, 4.69) is 10.3 Å². The number of aromatic carboxylic acids is 1. The van der Waals surface area contributed by atoms with Gasteiger partial charge in [-0.1, -0.05) is 0 Å². The highest BCUT2D eigenvalue weighted by Crippen LogP contribution is 2.15. The standard InChI is InChI=1S/C11H15FN2O3/c1-7(15)3-2-5-13-10-9(12)8(11(16)17)4-6-14-10/h4,6-7,15H,2-3,5H2,1H3,(H,13,14)(H,16,17). The summed E-state index contributed by atoms with van der Waals surface area (Å²) in [5.41, 5.74) is -0.405. The first-order chi connectivity index (χ1) is 8.02. The van der Waals surface area contributed by atoms with Gasteiger partial charge in [-0.15, -0.1) is 0 Å². The smallest absolute Gasteiger partial charge is 0.338 e. The molecule has 3 N–H and O–H groups in total. The van der Waals surface area contributed by atoms with Crippen LogP contribution in [0.3, 0.4) is 0 Å². The predicted octanol–water partition coefficient (Wildman–Crippen LogP) is 1.49. The number of aliphatic hydroxyl groups excluding tert-OH is 1. The molecular formula is C11H15FN2O3. The molecule has 0 aromatic carbocycles. The predicted molar refractivity (Wildman–Crippen MR) is 60.6 cm³/mol. The molecular weight excluding hydrogens is 227 g/mol. The average Bonchev–Trinajstić information content (AvgIpc) is 2.25. The van der Waals surface area contributed by atoms with E-state index >= 15 is 0 Å². The Hall–Kier alpha value is -1.69. The molecule has 0 spiro atoms. The highest BCUT2D eigenvalue weighted by molar-refractivity contribution is 5.88. The van der Waals surface area contributed by atoms with E-state index in [1.165, 1.54) is 6.20 Å². The maximum absolute atomic E-state index is 13.6. The van der Waals surface area contributed by atoms with Gasteiger partial charge in [0.15, 0.2) is 11.6 Å². The Kier molecular flexibility index (Phi) is 4.84. The normalized spacial score (nSPS) is 12.2. The van der Waals surface area contributed by atoms with Crippen LogP contribution in [0.5, 0.6) is 0 Å². The van der Waals surface area contributed by atoms with E-state index in [1.54, 1.807) is 6.92 Å². The monoisotopic (exact) mass is 242 g/mol. The molecule has 0 aliphatic heterocycles. The minimum absolute atomic E-state index is 0.0736. The summed E-state index contributed by atoms with van der Waals surface area (Å²) in [4.78, 5) is 14.4. The van der Waals surface area contributed by atoms with Gasteiger partial charge in [0.2, 0.25) is 0 Å². The summed E-state index contributed by atoms with van der Waals surface area (Å²) in [5.74, 6) is -2.26. The number of hydrogen-bond donors (Lipinski definition) is 3. The van der Waals surface area contributed by atoms with Gasteiger partial charge >= 0.3 is 5.97 Å². The summed E-state index contributed by atoms with van der Waals surface area (Å²) in [6, 6.07) is 1.11. The molecule has 1 atom stereocenters. The van der Waals surface area contributed by atoms with Crippen LogP contribution in [0.15, 0.2) is 12.3 Å². The van der Waals surface area contributed by atoms with E-state index in [0.717, 1.165) is 6.07 Å². The summed E-state index contributed by atoms with van der Waals surface area (Å²) in [6.07, 6.45) is 2.08. The third-order valence-electron chi connectivity index (χ3n) is 2.21. The van der Waals surface area contributed by atoms with Crippen molar-refractivity contribution in [2.24, 2.45) is 0 Å². The van der Waals surface area contributed by atoms with Crippen molar-refractivity contribution in [3.05, 3.63) is 23.6 Å². The molecule has 5 nitrogen and oxygen atoms in total. The molecule has 1 aromatic rings. The van der Waals surface area contributed by atoms with E-state index in [9.17, 15) is 9.18 Å². The Labute approximate surface area is 98.3 Å². The largest absolute Gasteiger partial charge is 0.478 e. The second-order valence-corrected chi connectivity index (χ2v) is 3.74. The third kappa shape index (κ3) is 3.99. The highest BCUT2D eigenvalue weighted by atomic mass is 19.1. The fourth-order valence-electron chi connectivity index (χ4n) is 1.34. The zero-order valence-corrected chi connectivity index (χ0v) is 9.48. The molecule has 0 aliphatic rings. The number of carboxylic acids is 1. The number of aromatic nitrogens is 1. The van der Waals surface area contributed by atoms with Crippen LogP contribution in [-0.4, -0.2) is 33.8 Å². The van der Waals surface area contributed by atoms with E-state index in [4.69, 9.17) is 10.2 Å². The topological polar surface area (TPSA) is 82.5 Å². The van der Waals surface area contributed by atoms with Gasteiger partial charge in [-0.3, -0.25) is 0 Å². The lowest BCUT2D eigenvalue weighted by Crippen LogP contribution is -2.11. The van der Waals surface area contributed by atoms with Crippen molar-refractivity contribution in [2.45, 2.75) is 25.9 Å². The molecule has 0 saturated heterocycles. The molecule has 94 valence electrons. The van der Waals surface area contributed by atoms with Crippen molar-refractivity contribution < 1.29 is 19.4 Å². The summed E-state index contributed by atoms with van der Waals surface area (Å²) < 4.78 is 13.6. The molecule has 0 bridgehead atoms. The number of nitrogens with one attached hydrogen (secondary N) is 1. The first-order valence-electron chi connectivity index (χ1n) is 5.32. The number of halogens is 1. The van der Waals surface area contributed by atoms with Crippen molar-refractivity contribution in [2.75, 3.05) is 11.9 Å². The minimum Gasteiger partial charge on any atom is -0.478 e. The number of carboxylic acid groups (broad SMARTS) is 1. The Bertz CT molecular complexity index is 396. The summed E-state index contributed by atoms with van der Waals surface area (Å²) >= 11 is 0. The molecule has 0 aliphatic carbocycles. The fraction of sp³-hybridized carbons (Fsp3) is 0.455. The van der Waals surface area contributed by atoms with Crippen LogP contribution < -0.4 is 5.32 Å². The average molecular weight is 242 g/mol. The Morgan fingerprint density at radius 3 is 2.94 bits per heavy atom. The molecule has 1 aromatic heterocycles. The molecule has 0 fully saturated rings. The van der Waals surface area contributed by atoms with E-state index in [0.29, 0.717) is 19.4 Å². The molecule has 6 heteroatoms. The Morgan fingerprint density at radius 2 is 2.35 bits per heavy atom. The van der Waals surface area contributed by atoms with Crippen LogP contribution in [-0.2, 0) is 0 Å². The number of carbonyl (C=O) groups is 1. The maximum Gasteiger partial charge on any atom is 0.338 e. The van der Waals surface area contributed by atoms with Crippen LogP contribution >= 0.6 is 0 Å². The lowest BCUT2D eigenvalue weighted by molar-refractivity contribution is 0.0692. The van der Waals surface area contributed by atoms with Gasteiger partial charge in [-0.05, 0) is 25.8 Å². The van der Waals surface area contributed by atoms with Gasteiger partial charge in [0.1, 0.15) is 5.56 Å². The zero-order valence-electron chi connectivity index (χ0n) is 9.48. The van der Waals surface area contributed by atoms with Crippen LogP contribution in [0.2, 0.25) is 0 Å². The van der Waals surface area contributed by atoms with Gasteiger partial charge in [-0.2, -0.15) is 0 Å². The van der Waals surface area contributed by atoms with Gasteiger partial charge in [-0.25, -0.2) is 14.2 Å². The van der Waals surface area contributed by atoms with E-state index in [-0.39, 0.29) is 5.82 Å². The lowest BCUT2D eigenvalue weighted by Gasteiger charge is -2.08. The number of anilines is 1. The summed E-state index contributed by atoms with van der Waals surface area (Å²) in [7, 11) is 0. The van der Waals surface area contributed by atoms with Crippen LogP contribution in [0, 0.1) is 5.82 Å². The quantitative estimate of drug-likeness (QED) is 0.658. The van der Waals surface area contributed by atoms with E-state index < -0.39 is 23.5 Å². The summed E-state index contributed by atoms with van der Waals surface area (Å²) in [5, 5.41) is 20.4. The van der Waals surface area contributed by atoms with Crippen LogP contribution in [0.1, 0.15) is 30.1 Å². The third-order valence-corrected chi connectivity index (χ3v) is 2.21. The minimum atomic E-state index is -1.32. The van der Waals surface area contributed by atoms with Crippen molar-refractivity contribution in [1.29, 1.82) is 0 Å². The Morgan fingerprint density at radius 1 is 1.65 bits per heavy atom. The molecule has 1 rings (SSSR count). The second-order valence-electron chi connectivity index (χ2n) is 3.74. The molecule has 1 heterocycles. The lowest BCUT2D eigenvalue weighted by atomic mass is 10.2. The van der Waals surface area contributed by atoms with Crippen LogP contribution in [0.4, 0.5) is 10.2 Å². The van der Waals surface area contributed by atoms with Crippen molar-refractivity contribution >= 4 is 11.8 Å². The molecule has 0 radical (unpaired) electrons. The van der Waals surface area contributed by atoms with E-state index in [1.807, 2.05) is 0 Å². The SMILES string of the molecule is CC(O)CCCNc1nccc(C(=O)O)c1F. The van der Waals surface area contributed by atoms with Gasteiger partial charge in [0.05, 0.1) is 6.10 Å². The fourth-order valence-corrected chi connectivity index (χ4v) is 1.34. The van der Waals surface area contributed by atoms with Crippen molar-refractivity contribution in [3.8, 4) is 0 Å². The Balaban J connectivity index is 2.59. The number of hydrogen-bond acceptors (Lipinski definition) is 4. The number of nitrogens with zero attached hydrogens (tertiary/aromatic N) is 1. The van der Waals surface area contributed by atoms with Crippen molar-refractivity contribution in [1.82, 2.24) is 4.98 Å². The second kappa shape index (κ2) is 6.15. The number of aliphatic hydroxyl groups is 1. The summed E-state index contributed by atoms with van der Waals surface area (Å²) in [6.45, 7) is 2.10. The number of rotatable bonds is 6. The van der Waals surface area contributed by atoms with Crippen LogP contribution in [0.25, 0.3) is 0 Å². The molecule has 17 heavy (non-hydrogen) atoms. The van der Waals surface area contributed by atoms with Crippen molar-refractivity contribution in [3.63, 3.8) is 0 Å². The first-order valence-corrected chi connectivity index (χ1v) is 5.32. The maximum atomic E-state index is 13.6. The zero-order chi connectivity index (χ0) is 12.8.